The van der Waals surface area contributed by atoms with Crippen molar-refractivity contribution in [2.45, 2.75) is 50.3 Å². The van der Waals surface area contributed by atoms with Crippen molar-refractivity contribution < 1.29 is 29.2 Å². The third-order valence-corrected chi connectivity index (χ3v) is 2.85. The summed E-state index contributed by atoms with van der Waals surface area (Å²) in [4.78, 5) is 0. The van der Waals surface area contributed by atoms with Crippen LogP contribution < -0.4 is 0 Å². The third kappa shape index (κ3) is 1.97. The Hall–Kier alpha value is -0.240. The van der Waals surface area contributed by atoms with Crippen molar-refractivity contribution >= 4 is 0 Å². The van der Waals surface area contributed by atoms with Crippen LogP contribution in [0.15, 0.2) is 0 Å². The number of methoxy groups -OCH3 is 1. The highest BCUT2D eigenvalue weighted by atomic mass is 16.8. The molecule has 0 aliphatic carbocycles. The average molecular weight is 234 g/mol. The SMILES string of the molecule is CO[C@H]1O[C@@H]([C@@H](O)CO)[C@@H]2OC(C)(C)O[C@H]12. The van der Waals surface area contributed by atoms with Crippen molar-refractivity contribution in [2.75, 3.05) is 13.7 Å². The minimum absolute atomic E-state index is 0.369. The molecule has 2 fully saturated rings. The summed E-state index contributed by atoms with van der Waals surface area (Å²) in [5, 5.41) is 18.6. The first-order chi connectivity index (χ1) is 7.48. The number of hydrogen-bond acceptors (Lipinski definition) is 6. The van der Waals surface area contributed by atoms with Gasteiger partial charge in [0.1, 0.15) is 24.4 Å². The van der Waals surface area contributed by atoms with Gasteiger partial charge in [0.15, 0.2) is 12.1 Å². The summed E-state index contributed by atoms with van der Waals surface area (Å²) in [7, 11) is 1.50. The van der Waals surface area contributed by atoms with Crippen LogP contribution in [0.25, 0.3) is 0 Å². The fourth-order valence-corrected chi connectivity index (χ4v) is 2.19. The summed E-state index contributed by atoms with van der Waals surface area (Å²) in [5.74, 6) is -0.719. The molecule has 6 heteroatoms. The molecule has 2 saturated heterocycles. The summed E-state index contributed by atoms with van der Waals surface area (Å²) in [6.07, 6.45) is -2.97. The lowest BCUT2D eigenvalue weighted by molar-refractivity contribution is -0.238. The van der Waals surface area contributed by atoms with Crippen molar-refractivity contribution in [3.63, 3.8) is 0 Å². The van der Waals surface area contributed by atoms with E-state index in [0.29, 0.717) is 0 Å². The maximum absolute atomic E-state index is 9.62. The van der Waals surface area contributed by atoms with Gasteiger partial charge in [0, 0.05) is 7.11 Å². The topological polar surface area (TPSA) is 77.4 Å². The van der Waals surface area contributed by atoms with Gasteiger partial charge < -0.3 is 29.2 Å². The summed E-state index contributed by atoms with van der Waals surface area (Å²) in [6, 6.07) is 0. The Balaban J connectivity index is 2.14. The number of ether oxygens (including phenoxy) is 4. The Labute approximate surface area is 94.1 Å². The summed E-state index contributed by atoms with van der Waals surface area (Å²) >= 11 is 0. The van der Waals surface area contributed by atoms with Crippen molar-refractivity contribution in [3.05, 3.63) is 0 Å². The summed E-state index contributed by atoms with van der Waals surface area (Å²) in [6.45, 7) is 3.20. The van der Waals surface area contributed by atoms with Crippen molar-refractivity contribution in [1.29, 1.82) is 0 Å². The lowest BCUT2D eigenvalue weighted by atomic mass is 10.1. The molecule has 0 bridgehead atoms. The molecule has 2 aliphatic rings. The maximum atomic E-state index is 9.62. The van der Waals surface area contributed by atoms with E-state index in [1.807, 2.05) is 0 Å². The molecule has 0 amide bonds. The van der Waals surface area contributed by atoms with Gasteiger partial charge in [-0.15, -0.1) is 0 Å². The van der Waals surface area contributed by atoms with Crippen LogP contribution in [-0.2, 0) is 18.9 Å². The van der Waals surface area contributed by atoms with Gasteiger partial charge in [-0.3, -0.25) is 0 Å². The molecule has 0 spiro atoms. The van der Waals surface area contributed by atoms with E-state index in [0.717, 1.165) is 0 Å². The molecule has 0 radical (unpaired) electrons. The number of aliphatic hydroxyl groups excluding tert-OH is 2. The minimum atomic E-state index is -0.995. The molecule has 2 rings (SSSR count). The smallest absolute Gasteiger partial charge is 0.186 e. The van der Waals surface area contributed by atoms with E-state index in [1.165, 1.54) is 7.11 Å². The molecule has 0 aromatic rings. The molecular weight excluding hydrogens is 216 g/mol. The van der Waals surface area contributed by atoms with Crippen LogP contribution in [0.1, 0.15) is 13.8 Å². The molecule has 2 aliphatic heterocycles. The van der Waals surface area contributed by atoms with E-state index < -0.39 is 30.4 Å². The Bertz CT molecular complexity index is 256. The molecule has 16 heavy (non-hydrogen) atoms. The number of rotatable bonds is 3. The molecule has 2 N–H and O–H groups in total. The molecule has 94 valence electrons. The van der Waals surface area contributed by atoms with Gasteiger partial charge in [0.25, 0.3) is 0 Å². The Kier molecular flexibility index (Phi) is 3.22. The zero-order chi connectivity index (χ0) is 11.9. The van der Waals surface area contributed by atoms with Crippen molar-refractivity contribution in [3.8, 4) is 0 Å². The highest BCUT2D eigenvalue weighted by Crippen LogP contribution is 2.39. The van der Waals surface area contributed by atoms with E-state index in [9.17, 15) is 5.11 Å². The second-order valence-corrected chi connectivity index (χ2v) is 4.52. The van der Waals surface area contributed by atoms with Crippen LogP contribution >= 0.6 is 0 Å². The monoisotopic (exact) mass is 234 g/mol. The lowest BCUT2D eigenvalue weighted by Gasteiger charge is -2.25. The minimum Gasteiger partial charge on any atom is -0.394 e. The lowest BCUT2D eigenvalue weighted by Crippen LogP contribution is -2.40. The molecule has 0 aromatic carbocycles. The van der Waals surface area contributed by atoms with Gasteiger partial charge in [-0.1, -0.05) is 0 Å². The second-order valence-electron chi connectivity index (χ2n) is 4.52. The Morgan fingerprint density at radius 1 is 1.31 bits per heavy atom. The van der Waals surface area contributed by atoms with Crippen LogP contribution in [0.4, 0.5) is 0 Å². The molecule has 0 saturated carbocycles. The number of fused-ring (bicyclic) bond motifs is 1. The van der Waals surface area contributed by atoms with E-state index >= 15 is 0 Å². The first-order valence-electron chi connectivity index (χ1n) is 5.31. The maximum Gasteiger partial charge on any atom is 0.186 e. The fourth-order valence-electron chi connectivity index (χ4n) is 2.19. The molecule has 0 aromatic heterocycles. The van der Waals surface area contributed by atoms with E-state index in [4.69, 9.17) is 24.1 Å². The molecule has 0 unspecified atom stereocenters. The first-order valence-corrected chi connectivity index (χ1v) is 5.31. The van der Waals surface area contributed by atoms with Gasteiger partial charge in [-0.25, -0.2) is 0 Å². The van der Waals surface area contributed by atoms with Gasteiger partial charge in [-0.2, -0.15) is 0 Å². The molecule has 5 atom stereocenters. The molecular formula is C10H18O6. The van der Waals surface area contributed by atoms with Gasteiger partial charge >= 0.3 is 0 Å². The Morgan fingerprint density at radius 2 is 1.94 bits per heavy atom. The quantitative estimate of drug-likeness (QED) is 0.668. The highest BCUT2D eigenvalue weighted by molar-refractivity contribution is 4.97. The standard InChI is InChI=1S/C10H18O6/c1-10(2)15-7-6(5(12)4-11)14-9(13-3)8(7)16-10/h5-9,11-12H,4H2,1-3H3/t5-,6-,7-,8-,9-/m0/s1. The predicted octanol–water partition coefficient (Wildman–Crippen LogP) is -0.769. The van der Waals surface area contributed by atoms with Crippen LogP contribution in [0.5, 0.6) is 0 Å². The normalized spacial score (nSPS) is 43.3. The van der Waals surface area contributed by atoms with E-state index in [1.54, 1.807) is 13.8 Å². The first kappa shape index (κ1) is 12.2. The largest absolute Gasteiger partial charge is 0.394 e. The fraction of sp³-hybridized carbons (Fsp3) is 1.00. The van der Waals surface area contributed by atoms with E-state index in [-0.39, 0.29) is 12.7 Å². The summed E-state index contributed by atoms with van der Waals surface area (Å²) < 4.78 is 21.8. The molecule has 2 heterocycles. The average Bonchev–Trinajstić information content (AvgIpc) is 2.69. The van der Waals surface area contributed by atoms with E-state index in [2.05, 4.69) is 0 Å². The zero-order valence-corrected chi connectivity index (χ0v) is 9.62. The Morgan fingerprint density at radius 3 is 2.50 bits per heavy atom. The number of aliphatic hydroxyl groups is 2. The van der Waals surface area contributed by atoms with Gasteiger partial charge in [0.05, 0.1) is 6.61 Å². The van der Waals surface area contributed by atoms with Crippen LogP contribution in [0.2, 0.25) is 0 Å². The van der Waals surface area contributed by atoms with Crippen molar-refractivity contribution in [1.82, 2.24) is 0 Å². The highest BCUT2D eigenvalue weighted by Gasteiger charge is 2.57. The number of hydrogen-bond donors (Lipinski definition) is 2. The predicted molar refractivity (Wildman–Crippen MR) is 52.6 cm³/mol. The van der Waals surface area contributed by atoms with Crippen LogP contribution in [-0.4, -0.2) is 60.4 Å². The zero-order valence-electron chi connectivity index (χ0n) is 9.62. The third-order valence-electron chi connectivity index (χ3n) is 2.85. The molecule has 6 nitrogen and oxygen atoms in total. The second kappa shape index (κ2) is 4.21. The summed E-state index contributed by atoms with van der Waals surface area (Å²) in [5.41, 5.74) is 0. The van der Waals surface area contributed by atoms with Crippen LogP contribution in [0, 0.1) is 0 Å². The van der Waals surface area contributed by atoms with Crippen LogP contribution in [0.3, 0.4) is 0 Å². The van der Waals surface area contributed by atoms with Gasteiger partial charge in [-0.05, 0) is 13.8 Å². The van der Waals surface area contributed by atoms with Gasteiger partial charge in [0.2, 0.25) is 0 Å². The van der Waals surface area contributed by atoms with Crippen molar-refractivity contribution in [2.24, 2.45) is 0 Å².